The molecule has 6 nitrogen and oxygen atoms in total. The molecule has 0 aliphatic heterocycles. The van der Waals surface area contributed by atoms with Gasteiger partial charge in [-0.1, -0.05) is 30.3 Å². The first-order valence-corrected chi connectivity index (χ1v) is 6.91. The Morgan fingerprint density at radius 2 is 1.95 bits per heavy atom. The number of anilines is 2. The zero-order valence-corrected chi connectivity index (χ0v) is 12.2. The lowest BCUT2D eigenvalue weighted by molar-refractivity contribution is 0.414. The maximum atomic E-state index is 5.92. The Labute approximate surface area is 128 Å². The van der Waals surface area contributed by atoms with E-state index < -0.39 is 0 Å². The number of nitrogens with two attached hydrogens (primary N) is 1. The normalized spacial score (nSPS) is 10.4. The molecule has 3 aromatic rings. The monoisotopic (exact) mass is 295 g/mol. The topological polar surface area (TPSA) is 78.0 Å². The summed E-state index contributed by atoms with van der Waals surface area (Å²) in [6.07, 6.45) is 0. The quantitative estimate of drug-likeness (QED) is 0.756. The highest BCUT2D eigenvalue weighted by Gasteiger charge is 2.08. The summed E-state index contributed by atoms with van der Waals surface area (Å²) < 4.78 is 6.81. The van der Waals surface area contributed by atoms with Gasteiger partial charge in [-0.15, -0.1) is 5.10 Å². The Morgan fingerprint density at radius 1 is 1.14 bits per heavy atom. The van der Waals surface area contributed by atoms with E-state index in [1.807, 2.05) is 54.6 Å². The molecule has 1 heterocycles. The van der Waals surface area contributed by atoms with Crippen LogP contribution in [-0.4, -0.2) is 21.9 Å². The van der Waals surface area contributed by atoms with E-state index in [4.69, 9.17) is 10.5 Å². The van der Waals surface area contributed by atoms with Gasteiger partial charge in [0.25, 0.3) is 0 Å². The number of hydrogen-bond donors (Lipinski definition) is 2. The van der Waals surface area contributed by atoms with Gasteiger partial charge in [0.05, 0.1) is 12.8 Å². The first-order valence-electron chi connectivity index (χ1n) is 6.91. The molecule has 1 aromatic heterocycles. The molecule has 0 spiro atoms. The summed E-state index contributed by atoms with van der Waals surface area (Å²) in [7, 11) is 1.65. The molecule has 22 heavy (non-hydrogen) atoms. The number of nitrogens with zero attached hydrogens (tertiary/aromatic N) is 3. The molecule has 112 valence electrons. The maximum Gasteiger partial charge on any atom is 0.244 e. The van der Waals surface area contributed by atoms with Crippen molar-refractivity contribution in [2.75, 3.05) is 18.2 Å². The second-order valence-electron chi connectivity index (χ2n) is 4.75. The SMILES string of the molecule is COc1cccc(CNc2nc(N)n(-c3ccccc3)n2)c1. The van der Waals surface area contributed by atoms with Crippen LogP contribution in [0.4, 0.5) is 11.9 Å². The standard InChI is InChI=1S/C16H17N5O/c1-22-14-9-5-6-12(10-14)11-18-16-19-15(17)21(20-16)13-7-3-2-4-8-13/h2-10H,11H2,1H3,(H3,17,18,19,20). The van der Waals surface area contributed by atoms with Gasteiger partial charge in [-0.2, -0.15) is 9.67 Å². The molecule has 0 amide bonds. The minimum atomic E-state index is 0.347. The minimum absolute atomic E-state index is 0.347. The lowest BCUT2D eigenvalue weighted by atomic mass is 10.2. The van der Waals surface area contributed by atoms with Gasteiger partial charge in [-0.05, 0) is 29.8 Å². The third-order valence-electron chi connectivity index (χ3n) is 3.22. The van der Waals surface area contributed by atoms with Gasteiger partial charge in [0, 0.05) is 6.54 Å². The van der Waals surface area contributed by atoms with Crippen molar-refractivity contribution >= 4 is 11.9 Å². The Kier molecular flexibility index (Phi) is 3.91. The van der Waals surface area contributed by atoms with Crippen molar-refractivity contribution in [3.05, 3.63) is 60.2 Å². The maximum absolute atomic E-state index is 5.92. The summed E-state index contributed by atoms with van der Waals surface area (Å²) in [6.45, 7) is 0.593. The molecule has 3 N–H and O–H groups in total. The first-order chi connectivity index (χ1) is 10.8. The Morgan fingerprint density at radius 3 is 2.73 bits per heavy atom. The number of nitrogens with one attached hydrogen (secondary N) is 1. The zero-order valence-electron chi connectivity index (χ0n) is 12.2. The average Bonchev–Trinajstić information content (AvgIpc) is 2.95. The van der Waals surface area contributed by atoms with Gasteiger partial charge in [0.1, 0.15) is 5.75 Å². The average molecular weight is 295 g/mol. The van der Waals surface area contributed by atoms with Gasteiger partial charge in [-0.25, -0.2) is 0 Å². The lowest BCUT2D eigenvalue weighted by Gasteiger charge is -2.04. The fourth-order valence-electron chi connectivity index (χ4n) is 2.12. The summed E-state index contributed by atoms with van der Waals surface area (Å²) >= 11 is 0. The molecule has 0 unspecified atom stereocenters. The van der Waals surface area contributed by atoms with E-state index in [-0.39, 0.29) is 0 Å². The molecule has 0 atom stereocenters. The summed E-state index contributed by atoms with van der Waals surface area (Å²) in [6, 6.07) is 17.5. The largest absolute Gasteiger partial charge is 0.497 e. The second-order valence-corrected chi connectivity index (χ2v) is 4.75. The van der Waals surface area contributed by atoms with E-state index >= 15 is 0 Å². The lowest BCUT2D eigenvalue weighted by Crippen LogP contribution is -2.03. The number of hydrogen-bond acceptors (Lipinski definition) is 5. The zero-order chi connectivity index (χ0) is 15.4. The van der Waals surface area contributed by atoms with Crippen LogP contribution in [0.1, 0.15) is 5.56 Å². The number of methoxy groups -OCH3 is 1. The molecular formula is C16H17N5O. The molecule has 0 saturated carbocycles. The molecule has 0 radical (unpaired) electrons. The van der Waals surface area contributed by atoms with E-state index in [1.54, 1.807) is 11.8 Å². The van der Waals surface area contributed by atoms with Crippen molar-refractivity contribution in [2.45, 2.75) is 6.54 Å². The smallest absolute Gasteiger partial charge is 0.244 e. The van der Waals surface area contributed by atoms with Crippen LogP contribution in [0, 0.1) is 0 Å². The van der Waals surface area contributed by atoms with E-state index in [2.05, 4.69) is 15.4 Å². The third-order valence-corrected chi connectivity index (χ3v) is 3.22. The van der Waals surface area contributed by atoms with Crippen molar-refractivity contribution in [1.29, 1.82) is 0 Å². The number of para-hydroxylation sites is 1. The molecule has 0 aliphatic carbocycles. The highest BCUT2D eigenvalue weighted by atomic mass is 16.5. The van der Waals surface area contributed by atoms with E-state index in [9.17, 15) is 0 Å². The van der Waals surface area contributed by atoms with Gasteiger partial charge in [0.15, 0.2) is 0 Å². The second kappa shape index (κ2) is 6.17. The summed E-state index contributed by atoms with van der Waals surface area (Å²) in [4.78, 5) is 4.23. The molecule has 0 saturated heterocycles. The number of rotatable bonds is 5. The molecule has 0 aliphatic rings. The first kappa shape index (κ1) is 13.9. The molecule has 3 rings (SSSR count). The van der Waals surface area contributed by atoms with Crippen LogP contribution in [0.15, 0.2) is 54.6 Å². The number of aromatic nitrogens is 3. The van der Waals surface area contributed by atoms with Crippen LogP contribution in [0.5, 0.6) is 5.75 Å². The predicted molar refractivity (Wildman–Crippen MR) is 86.1 cm³/mol. The summed E-state index contributed by atoms with van der Waals surface area (Å²) in [5.41, 5.74) is 7.87. The van der Waals surface area contributed by atoms with Crippen molar-refractivity contribution in [1.82, 2.24) is 14.8 Å². The Hall–Kier alpha value is -3.02. The highest BCUT2D eigenvalue weighted by molar-refractivity contribution is 5.42. The predicted octanol–water partition coefficient (Wildman–Crippen LogP) is 2.47. The van der Waals surface area contributed by atoms with Crippen molar-refractivity contribution < 1.29 is 4.74 Å². The van der Waals surface area contributed by atoms with Crippen LogP contribution in [-0.2, 0) is 6.54 Å². The Bertz CT molecular complexity index is 754. The third kappa shape index (κ3) is 3.01. The van der Waals surface area contributed by atoms with Gasteiger partial charge in [0.2, 0.25) is 11.9 Å². The molecule has 2 aromatic carbocycles. The number of ether oxygens (including phenoxy) is 1. The summed E-state index contributed by atoms with van der Waals surface area (Å²) in [5.74, 6) is 1.66. The fraction of sp³-hybridized carbons (Fsp3) is 0.125. The van der Waals surface area contributed by atoms with E-state index in [0.717, 1.165) is 17.0 Å². The van der Waals surface area contributed by atoms with Gasteiger partial charge < -0.3 is 15.8 Å². The van der Waals surface area contributed by atoms with Crippen LogP contribution < -0.4 is 15.8 Å². The van der Waals surface area contributed by atoms with E-state index in [1.165, 1.54) is 0 Å². The minimum Gasteiger partial charge on any atom is -0.497 e. The van der Waals surface area contributed by atoms with Crippen molar-refractivity contribution in [3.63, 3.8) is 0 Å². The molecular weight excluding hydrogens is 278 g/mol. The van der Waals surface area contributed by atoms with Gasteiger partial charge in [-0.3, -0.25) is 0 Å². The molecule has 0 fully saturated rings. The number of nitrogen functional groups attached to an aromatic ring is 1. The molecule has 0 bridgehead atoms. The molecule has 6 heteroatoms. The highest BCUT2D eigenvalue weighted by Crippen LogP contribution is 2.16. The van der Waals surface area contributed by atoms with Crippen molar-refractivity contribution in [3.8, 4) is 11.4 Å². The van der Waals surface area contributed by atoms with Crippen LogP contribution in [0.3, 0.4) is 0 Å². The fourth-order valence-corrected chi connectivity index (χ4v) is 2.12. The number of benzene rings is 2. The van der Waals surface area contributed by atoms with Crippen molar-refractivity contribution in [2.24, 2.45) is 0 Å². The Balaban J connectivity index is 1.74. The van der Waals surface area contributed by atoms with Crippen LogP contribution in [0.2, 0.25) is 0 Å². The summed E-state index contributed by atoms with van der Waals surface area (Å²) in [5, 5.41) is 7.54. The van der Waals surface area contributed by atoms with Crippen LogP contribution in [0.25, 0.3) is 5.69 Å². The van der Waals surface area contributed by atoms with Crippen LogP contribution >= 0.6 is 0 Å². The van der Waals surface area contributed by atoms with Gasteiger partial charge >= 0.3 is 0 Å². The van der Waals surface area contributed by atoms with E-state index in [0.29, 0.717) is 18.4 Å².